The largest absolute Gasteiger partial charge is 0.530 e. The number of rotatable bonds is 26. The van der Waals surface area contributed by atoms with Crippen molar-refractivity contribution < 1.29 is 64.8 Å². The second-order valence-electron chi connectivity index (χ2n) is 20.7. The highest BCUT2D eigenvalue weighted by Gasteiger charge is 2.50. The fraction of sp³-hybridized carbons (Fsp3) is 0.254. The number of aromatic amines is 1. The number of hydrogen-bond acceptors (Lipinski definition) is 20. The number of aromatic nitrogens is 6. The van der Waals surface area contributed by atoms with E-state index < -0.39 is 88.5 Å². The van der Waals surface area contributed by atoms with Crippen LogP contribution in [-0.2, 0) is 47.0 Å². The van der Waals surface area contributed by atoms with Crippen molar-refractivity contribution in [2.24, 2.45) is 0 Å². The molecule has 91 heavy (non-hydrogen) atoms. The van der Waals surface area contributed by atoms with Crippen molar-refractivity contribution in [2.75, 3.05) is 39.4 Å². The Kier molecular flexibility index (Phi) is 19.9. The predicted octanol–water partition coefficient (Wildman–Crippen LogP) is 11.9. The molecule has 2 aliphatic rings. The monoisotopic (exact) mass is 1310 g/mol. The second kappa shape index (κ2) is 28.3. The Labute approximate surface area is 530 Å². The summed E-state index contributed by atoms with van der Waals surface area (Å²) in [6, 6.07) is 46.5. The van der Waals surface area contributed by atoms with E-state index in [-0.39, 0.29) is 59.9 Å². The molecule has 2 aliphatic heterocycles. The van der Waals surface area contributed by atoms with Crippen LogP contribution >= 0.6 is 38.8 Å². The van der Waals surface area contributed by atoms with Crippen LogP contribution in [0.2, 0.25) is 10.0 Å². The standard InChI is InChI=1S/C63H58Cl2N8O16P2/c1-40-35-72(62(76)71-60(40)74)55-33-52(88-90(77,82-32-10-31-66)86-49-27-19-45(64)20-28-49)54(85-55)37-83-91(78,87-50-29-21-46(65)22-30-50)89-51-34-56(73-39-69-57-58(67-38-68-59(57)73)70-61(75)41-11-6-4-7-12-41)84-53(51)36-81-63(42-13-8-5-9-14-42,43-15-23-47(79-2)24-16-43)44-17-25-48(80-3)26-18-44/h4-9,11-30,35,38-39,51-56H,10,32-34,36-37H2,1-3H3,(H,71,74,76)(H,67,68,70,75). The van der Waals surface area contributed by atoms with Gasteiger partial charge < -0.3 is 38.0 Å². The third kappa shape index (κ3) is 14.8. The Bertz CT molecular complexity index is 4210. The number of fused-ring (bicyclic) bond motifs is 1. The first-order chi connectivity index (χ1) is 44.0. The third-order valence-corrected chi connectivity index (χ3v) is 18.2. The summed E-state index contributed by atoms with van der Waals surface area (Å²) in [5, 5.41) is 12.9. The number of hydrogen-bond donors (Lipinski definition) is 2. The number of phosphoric acid groups is 2. The summed E-state index contributed by atoms with van der Waals surface area (Å²) in [6.45, 7) is 0.0682. The smallest absolute Gasteiger partial charge is 0.497 e. The van der Waals surface area contributed by atoms with Gasteiger partial charge in [-0.25, -0.2) is 28.9 Å². The van der Waals surface area contributed by atoms with Gasteiger partial charge in [-0.3, -0.25) is 41.8 Å². The van der Waals surface area contributed by atoms with E-state index >= 15 is 4.57 Å². The number of aryl methyl sites for hydroxylation is 1. The number of H-pyrrole nitrogens is 1. The molecule has 2 saturated heterocycles. The lowest BCUT2D eigenvalue weighted by Crippen LogP contribution is -2.38. The van der Waals surface area contributed by atoms with Crippen LogP contribution in [0.15, 0.2) is 186 Å². The normalized spacial score (nSPS) is 19.4. The number of carbonyl (C=O) groups excluding carboxylic acids is 1. The number of ether oxygens (including phenoxy) is 5. The van der Waals surface area contributed by atoms with Crippen molar-refractivity contribution in [1.29, 1.82) is 5.26 Å². The van der Waals surface area contributed by atoms with Crippen LogP contribution < -0.4 is 35.1 Å². The number of carbonyl (C=O) groups is 1. The maximum atomic E-state index is 16.1. The highest BCUT2D eigenvalue weighted by molar-refractivity contribution is 7.49. The molecule has 0 bridgehead atoms. The van der Waals surface area contributed by atoms with Gasteiger partial charge in [0.05, 0.1) is 52.9 Å². The quantitative estimate of drug-likeness (QED) is 0.0289. The molecule has 6 aromatic carbocycles. The van der Waals surface area contributed by atoms with Crippen molar-refractivity contribution in [3.63, 3.8) is 0 Å². The van der Waals surface area contributed by atoms with Gasteiger partial charge in [0, 0.05) is 40.2 Å². The molecule has 470 valence electrons. The van der Waals surface area contributed by atoms with E-state index in [2.05, 4.69) is 25.3 Å². The number of anilines is 1. The number of nitrogens with zero attached hydrogens (tertiary/aromatic N) is 6. The van der Waals surface area contributed by atoms with Crippen molar-refractivity contribution in [3.05, 3.63) is 235 Å². The molecule has 0 saturated carbocycles. The van der Waals surface area contributed by atoms with Crippen LogP contribution in [0.5, 0.6) is 23.0 Å². The molecule has 1 amide bonds. The van der Waals surface area contributed by atoms with E-state index in [4.69, 9.17) is 74.0 Å². The maximum absolute atomic E-state index is 16.1. The van der Waals surface area contributed by atoms with Gasteiger partial charge in [0.15, 0.2) is 17.0 Å². The SMILES string of the molecule is COc1ccc(C(OCC2OC(n3cnc4c(NC(=O)c5ccccc5)ncnc43)CC2OP(=O)(OCC2OC(n3cc(C)c(=O)[nH]c3=O)CC2OP(=O)(OCCC#N)Oc2ccc(Cl)cc2)Oc2ccc(Cl)cc2)(c2ccccc2)c2ccc(OC)cc2)cc1. The van der Waals surface area contributed by atoms with E-state index in [0.717, 1.165) is 4.57 Å². The van der Waals surface area contributed by atoms with E-state index in [0.29, 0.717) is 43.8 Å². The first-order valence-electron chi connectivity index (χ1n) is 28.3. The van der Waals surface area contributed by atoms with Crippen LogP contribution in [0.3, 0.4) is 0 Å². The summed E-state index contributed by atoms with van der Waals surface area (Å²) in [5.41, 5.74) is 0.190. The first kappa shape index (κ1) is 64.0. The fourth-order valence-electron chi connectivity index (χ4n) is 10.4. The number of amides is 1. The maximum Gasteiger partial charge on any atom is 0.530 e. The minimum absolute atomic E-state index is 0.0134. The summed E-state index contributed by atoms with van der Waals surface area (Å²) in [4.78, 5) is 55.3. The number of halogens is 2. The zero-order valence-corrected chi connectivity index (χ0v) is 52.1. The van der Waals surface area contributed by atoms with Gasteiger partial charge in [0.1, 0.15) is 71.8 Å². The predicted molar refractivity (Wildman–Crippen MR) is 332 cm³/mol. The summed E-state index contributed by atoms with van der Waals surface area (Å²) in [6.07, 6.45) is -4.04. The molecule has 28 heteroatoms. The van der Waals surface area contributed by atoms with Crippen LogP contribution in [0.4, 0.5) is 5.82 Å². The summed E-state index contributed by atoms with van der Waals surface area (Å²) < 4.78 is 103. The zero-order valence-electron chi connectivity index (χ0n) is 48.8. The molecular weight excluding hydrogens is 1260 g/mol. The highest BCUT2D eigenvalue weighted by atomic mass is 35.5. The Morgan fingerprint density at radius 2 is 1.20 bits per heavy atom. The molecule has 8 atom stereocenters. The Balaban J connectivity index is 0.978. The van der Waals surface area contributed by atoms with E-state index in [1.165, 1.54) is 74.3 Å². The molecule has 0 spiro atoms. The second-order valence-corrected chi connectivity index (χ2v) is 24.7. The number of nitrogens with one attached hydrogen (secondary N) is 2. The van der Waals surface area contributed by atoms with E-state index in [1.807, 2.05) is 84.9 Å². The van der Waals surface area contributed by atoms with E-state index in [9.17, 15) is 24.2 Å². The molecule has 2 fully saturated rings. The van der Waals surface area contributed by atoms with Crippen molar-refractivity contribution in [1.82, 2.24) is 29.1 Å². The number of methoxy groups -OCH3 is 2. The van der Waals surface area contributed by atoms with Crippen LogP contribution in [0.25, 0.3) is 11.2 Å². The highest BCUT2D eigenvalue weighted by Crippen LogP contribution is 2.57. The van der Waals surface area contributed by atoms with Gasteiger partial charge in [-0.05, 0) is 109 Å². The Morgan fingerprint density at radius 3 is 1.76 bits per heavy atom. The van der Waals surface area contributed by atoms with Gasteiger partial charge in [0.2, 0.25) is 0 Å². The molecule has 0 radical (unpaired) electrons. The lowest BCUT2D eigenvalue weighted by Gasteiger charge is -2.37. The fourth-order valence-corrected chi connectivity index (χ4v) is 13.5. The van der Waals surface area contributed by atoms with Crippen molar-refractivity contribution in [2.45, 2.75) is 68.7 Å². The van der Waals surface area contributed by atoms with Crippen molar-refractivity contribution in [3.8, 4) is 29.1 Å². The molecule has 3 aromatic heterocycles. The number of imidazole rings is 1. The van der Waals surface area contributed by atoms with Gasteiger partial charge in [-0.1, -0.05) is 96.0 Å². The average molecular weight is 1320 g/mol. The first-order valence-corrected chi connectivity index (χ1v) is 32.0. The number of benzene rings is 6. The molecule has 24 nitrogen and oxygen atoms in total. The minimum Gasteiger partial charge on any atom is -0.497 e. The topological polar surface area (TPSA) is 287 Å². The molecule has 2 N–H and O–H groups in total. The van der Waals surface area contributed by atoms with Crippen molar-refractivity contribution >= 4 is 61.7 Å². The number of phosphoric ester groups is 2. The molecule has 5 heterocycles. The summed E-state index contributed by atoms with van der Waals surface area (Å²) in [7, 11) is -6.68. The molecule has 8 unspecified atom stereocenters. The lowest BCUT2D eigenvalue weighted by molar-refractivity contribution is -0.0936. The third-order valence-electron chi connectivity index (χ3n) is 14.8. The lowest BCUT2D eigenvalue weighted by atomic mass is 9.80. The molecule has 11 rings (SSSR count). The van der Waals surface area contributed by atoms with E-state index in [1.54, 1.807) is 49.1 Å². The average Bonchev–Trinajstić information content (AvgIpc) is 1.99. The zero-order chi connectivity index (χ0) is 63.7. The molecular formula is C63H58Cl2N8O16P2. The van der Waals surface area contributed by atoms with Gasteiger partial charge in [-0.15, -0.1) is 0 Å². The number of nitriles is 1. The van der Waals surface area contributed by atoms with Crippen LogP contribution in [0.1, 0.15) is 64.3 Å². The van der Waals surface area contributed by atoms with Crippen LogP contribution in [0, 0.1) is 18.3 Å². The van der Waals surface area contributed by atoms with Crippen LogP contribution in [-0.4, -0.2) is 93.4 Å². The Morgan fingerprint density at radius 1 is 0.681 bits per heavy atom. The Hall–Kier alpha value is -8.53. The van der Waals surface area contributed by atoms with Gasteiger partial charge in [-0.2, -0.15) is 5.26 Å². The molecule has 9 aromatic rings. The van der Waals surface area contributed by atoms with Gasteiger partial charge in [0.25, 0.3) is 11.5 Å². The minimum atomic E-state index is -5.07. The summed E-state index contributed by atoms with van der Waals surface area (Å²) in [5.74, 6) is 0.863. The van der Waals surface area contributed by atoms with Gasteiger partial charge >= 0.3 is 21.3 Å². The molecule has 0 aliphatic carbocycles. The summed E-state index contributed by atoms with van der Waals surface area (Å²) >= 11 is 12.5.